The van der Waals surface area contributed by atoms with E-state index in [0.717, 1.165) is 57.8 Å². The SMILES string of the molecule is O=C1CCCCCC(O)CCCC1. The molecule has 1 aliphatic carbocycles. The van der Waals surface area contributed by atoms with Gasteiger partial charge in [0.15, 0.2) is 0 Å². The Balaban J connectivity index is 2.26. The highest BCUT2D eigenvalue weighted by molar-refractivity contribution is 5.78. The monoisotopic (exact) mass is 184 g/mol. The Hall–Kier alpha value is -0.370. The Morgan fingerprint density at radius 1 is 0.923 bits per heavy atom. The topological polar surface area (TPSA) is 37.3 Å². The number of rotatable bonds is 0. The third-order valence-corrected chi connectivity index (χ3v) is 2.74. The van der Waals surface area contributed by atoms with E-state index >= 15 is 0 Å². The van der Waals surface area contributed by atoms with Gasteiger partial charge in [0.25, 0.3) is 0 Å². The van der Waals surface area contributed by atoms with Crippen LogP contribution in [0.4, 0.5) is 0 Å². The second-order valence-electron chi connectivity index (χ2n) is 4.04. The standard InChI is InChI=1S/C11H20O2/c12-10-6-2-1-3-7-11(13)9-5-4-8-10/h10,12H,1-9H2. The van der Waals surface area contributed by atoms with Crippen molar-refractivity contribution >= 4 is 5.78 Å². The van der Waals surface area contributed by atoms with Gasteiger partial charge in [-0.3, -0.25) is 4.79 Å². The fourth-order valence-corrected chi connectivity index (χ4v) is 1.85. The molecular weight excluding hydrogens is 164 g/mol. The maximum atomic E-state index is 11.2. The van der Waals surface area contributed by atoms with Crippen LogP contribution in [0.3, 0.4) is 0 Å². The zero-order valence-corrected chi connectivity index (χ0v) is 8.30. The van der Waals surface area contributed by atoms with E-state index in [9.17, 15) is 9.90 Å². The summed E-state index contributed by atoms with van der Waals surface area (Å²) < 4.78 is 0. The number of aliphatic hydroxyl groups is 1. The van der Waals surface area contributed by atoms with E-state index < -0.39 is 0 Å². The smallest absolute Gasteiger partial charge is 0.132 e. The average molecular weight is 184 g/mol. The molecule has 2 heteroatoms. The van der Waals surface area contributed by atoms with E-state index in [1.165, 1.54) is 0 Å². The van der Waals surface area contributed by atoms with E-state index in [0.29, 0.717) is 5.78 Å². The van der Waals surface area contributed by atoms with E-state index in [1.807, 2.05) is 0 Å². The van der Waals surface area contributed by atoms with Crippen molar-refractivity contribution in [3.63, 3.8) is 0 Å². The number of ketones is 1. The fraction of sp³-hybridized carbons (Fsp3) is 0.909. The second kappa shape index (κ2) is 6.14. The molecule has 0 aliphatic heterocycles. The molecule has 13 heavy (non-hydrogen) atoms. The molecule has 0 aromatic rings. The lowest BCUT2D eigenvalue weighted by molar-refractivity contribution is -0.119. The van der Waals surface area contributed by atoms with Gasteiger partial charge in [0, 0.05) is 12.8 Å². The lowest BCUT2D eigenvalue weighted by Crippen LogP contribution is -2.05. The van der Waals surface area contributed by atoms with E-state index in [2.05, 4.69) is 0 Å². The van der Waals surface area contributed by atoms with Crippen molar-refractivity contribution in [3.8, 4) is 0 Å². The van der Waals surface area contributed by atoms with Gasteiger partial charge in [-0.1, -0.05) is 19.3 Å². The van der Waals surface area contributed by atoms with Crippen molar-refractivity contribution in [1.82, 2.24) is 0 Å². The van der Waals surface area contributed by atoms with Crippen LogP contribution in [-0.2, 0) is 4.79 Å². The molecule has 1 saturated carbocycles. The minimum atomic E-state index is -0.117. The van der Waals surface area contributed by atoms with Crippen molar-refractivity contribution in [2.45, 2.75) is 63.9 Å². The molecule has 0 aromatic heterocycles. The molecule has 76 valence electrons. The van der Waals surface area contributed by atoms with Crippen LogP contribution in [0.1, 0.15) is 57.8 Å². The highest BCUT2D eigenvalue weighted by Gasteiger charge is 2.08. The largest absolute Gasteiger partial charge is 0.393 e. The van der Waals surface area contributed by atoms with Crippen LogP contribution >= 0.6 is 0 Å². The molecule has 0 aromatic carbocycles. The van der Waals surface area contributed by atoms with Crippen LogP contribution in [0.2, 0.25) is 0 Å². The molecule has 1 rings (SSSR count). The van der Waals surface area contributed by atoms with E-state index in [4.69, 9.17) is 0 Å². The summed E-state index contributed by atoms with van der Waals surface area (Å²) in [5.41, 5.74) is 0. The molecule has 1 fully saturated rings. The number of carbonyl (C=O) groups is 1. The minimum Gasteiger partial charge on any atom is -0.393 e. The van der Waals surface area contributed by atoms with Crippen molar-refractivity contribution in [2.24, 2.45) is 0 Å². The average Bonchev–Trinajstić information content (AvgIpc) is 2.14. The Morgan fingerprint density at radius 2 is 1.46 bits per heavy atom. The maximum absolute atomic E-state index is 11.2. The van der Waals surface area contributed by atoms with Crippen LogP contribution in [-0.4, -0.2) is 17.0 Å². The summed E-state index contributed by atoms with van der Waals surface area (Å²) >= 11 is 0. The van der Waals surface area contributed by atoms with Crippen LogP contribution in [0.15, 0.2) is 0 Å². The molecule has 0 spiro atoms. The maximum Gasteiger partial charge on any atom is 0.132 e. The first-order valence-electron chi connectivity index (χ1n) is 5.49. The van der Waals surface area contributed by atoms with Gasteiger partial charge >= 0.3 is 0 Å². The normalized spacial score (nSPS) is 28.1. The van der Waals surface area contributed by atoms with Gasteiger partial charge in [-0.05, 0) is 25.7 Å². The van der Waals surface area contributed by atoms with E-state index in [-0.39, 0.29) is 6.10 Å². The van der Waals surface area contributed by atoms with Gasteiger partial charge in [-0.2, -0.15) is 0 Å². The number of Topliss-reactive ketones (excluding diaryl/α,β-unsaturated/α-hetero) is 1. The third kappa shape index (κ3) is 5.04. The summed E-state index contributed by atoms with van der Waals surface area (Å²) in [6.07, 6.45) is 8.35. The zero-order valence-electron chi connectivity index (χ0n) is 8.30. The van der Waals surface area contributed by atoms with Gasteiger partial charge in [0.2, 0.25) is 0 Å². The first kappa shape index (κ1) is 10.7. The number of hydrogen-bond acceptors (Lipinski definition) is 2. The highest BCUT2D eigenvalue weighted by atomic mass is 16.3. The zero-order chi connectivity index (χ0) is 9.52. The molecule has 2 nitrogen and oxygen atoms in total. The molecule has 1 unspecified atom stereocenters. The van der Waals surface area contributed by atoms with E-state index in [1.54, 1.807) is 0 Å². The Kier molecular flexibility index (Phi) is 5.06. The quantitative estimate of drug-likeness (QED) is 0.628. The Labute approximate surface area is 80.3 Å². The predicted molar refractivity (Wildman–Crippen MR) is 52.6 cm³/mol. The summed E-state index contributed by atoms with van der Waals surface area (Å²) in [6.45, 7) is 0. The lowest BCUT2D eigenvalue weighted by atomic mass is 10.1. The van der Waals surface area contributed by atoms with Crippen molar-refractivity contribution in [3.05, 3.63) is 0 Å². The number of hydrogen-bond donors (Lipinski definition) is 1. The fourth-order valence-electron chi connectivity index (χ4n) is 1.85. The molecule has 1 atom stereocenters. The first-order valence-corrected chi connectivity index (χ1v) is 5.49. The van der Waals surface area contributed by atoms with Crippen LogP contribution in [0.25, 0.3) is 0 Å². The lowest BCUT2D eigenvalue weighted by Gasteiger charge is -2.08. The molecule has 1 aliphatic rings. The molecule has 0 radical (unpaired) electrons. The van der Waals surface area contributed by atoms with Crippen LogP contribution in [0.5, 0.6) is 0 Å². The van der Waals surface area contributed by atoms with Crippen LogP contribution in [0, 0.1) is 0 Å². The molecule has 0 heterocycles. The van der Waals surface area contributed by atoms with Crippen LogP contribution < -0.4 is 0 Å². The highest BCUT2D eigenvalue weighted by Crippen LogP contribution is 2.14. The van der Waals surface area contributed by atoms with Crippen molar-refractivity contribution in [2.75, 3.05) is 0 Å². The number of aliphatic hydroxyl groups excluding tert-OH is 1. The summed E-state index contributed by atoms with van der Waals surface area (Å²) in [5.74, 6) is 0.413. The summed E-state index contributed by atoms with van der Waals surface area (Å²) in [7, 11) is 0. The second-order valence-corrected chi connectivity index (χ2v) is 4.04. The van der Waals surface area contributed by atoms with Gasteiger partial charge in [0.1, 0.15) is 5.78 Å². The summed E-state index contributed by atoms with van der Waals surface area (Å²) in [5, 5.41) is 9.50. The summed E-state index contributed by atoms with van der Waals surface area (Å²) in [4.78, 5) is 11.2. The van der Waals surface area contributed by atoms with Gasteiger partial charge in [0.05, 0.1) is 6.10 Å². The molecule has 0 bridgehead atoms. The number of carbonyl (C=O) groups excluding carboxylic acids is 1. The molecular formula is C11H20O2. The predicted octanol–water partition coefficient (Wildman–Crippen LogP) is 2.44. The molecule has 0 saturated heterocycles. The van der Waals surface area contributed by atoms with Gasteiger partial charge in [-0.15, -0.1) is 0 Å². The minimum absolute atomic E-state index is 0.117. The van der Waals surface area contributed by atoms with Crippen molar-refractivity contribution < 1.29 is 9.90 Å². The molecule has 0 amide bonds. The molecule has 1 N–H and O–H groups in total. The van der Waals surface area contributed by atoms with Gasteiger partial charge < -0.3 is 5.11 Å². The van der Waals surface area contributed by atoms with Gasteiger partial charge in [-0.25, -0.2) is 0 Å². The first-order chi connectivity index (χ1) is 6.29. The third-order valence-electron chi connectivity index (χ3n) is 2.74. The Bertz CT molecular complexity index is 154. The van der Waals surface area contributed by atoms with Crippen molar-refractivity contribution in [1.29, 1.82) is 0 Å². The summed E-state index contributed by atoms with van der Waals surface area (Å²) in [6, 6.07) is 0. The Morgan fingerprint density at radius 3 is 2.15 bits per heavy atom.